The Morgan fingerprint density at radius 3 is 2.59 bits per heavy atom. The fourth-order valence-corrected chi connectivity index (χ4v) is 6.11. The summed E-state index contributed by atoms with van der Waals surface area (Å²) in [6.45, 7) is -1.39. The van der Waals surface area contributed by atoms with E-state index in [4.69, 9.17) is 0 Å². The molecule has 3 atom stereocenters. The number of likely N-dealkylation sites (tertiary alicyclic amines) is 1. The van der Waals surface area contributed by atoms with Crippen molar-refractivity contribution in [2.45, 2.75) is 56.7 Å². The number of aryl methyl sites for hydroxylation is 1. The zero-order valence-electron chi connectivity index (χ0n) is 21.0. The number of halogens is 5. The first-order chi connectivity index (χ1) is 18.5. The number of carbonyl (C=O) groups excluding carboxylic acids is 3. The largest absolute Gasteiger partial charge is 0.406 e. The van der Waals surface area contributed by atoms with Gasteiger partial charge in [0.1, 0.15) is 12.6 Å². The number of benzene rings is 2. The van der Waals surface area contributed by atoms with E-state index < -0.39 is 60.1 Å². The van der Waals surface area contributed by atoms with Crippen molar-refractivity contribution in [1.82, 2.24) is 15.5 Å². The summed E-state index contributed by atoms with van der Waals surface area (Å²) in [4.78, 5) is 39.2. The summed E-state index contributed by atoms with van der Waals surface area (Å²) in [5.41, 5.74) is 1.61. The molecule has 6 nitrogen and oxygen atoms in total. The molecular weight excluding hydrogens is 521 g/mol. The molecular formula is C28H28F5N3O3. The van der Waals surface area contributed by atoms with E-state index >= 15 is 0 Å². The molecule has 5 rings (SSSR count). The number of alkyl halides is 3. The molecule has 2 saturated heterocycles. The highest BCUT2D eigenvalue weighted by molar-refractivity contribution is 5.98. The lowest BCUT2D eigenvalue weighted by molar-refractivity contribution is -0.162. The SMILES string of the molecule is O=C(NC1CCC(c2cccc(F)c2F)CN(CC(F)(F)F)C1=O)c1ccc2c(c1)CCC1(CCNC1=O)C2. The zero-order valence-corrected chi connectivity index (χ0v) is 21.0. The highest BCUT2D eigenvalue weighted by atomic mass is 19.4. The lowest BCUT2D eigenvalue weighted by Gasteiger charge is -2.32. The van der Waals surface area contributed by atoms with Crippen LogP contribution >= 0.6 is 0 Å². The quantitative estimate of drug-likeness (QED) is 0.566. The minimum absolute atomic E-state index is 0.0396. The number of carbonyl (C=O) groups is 3. The van der Waals surface area contributed by atoms with Crippen molar-refractivity contribution in [3.8, 4) is 0 Å². The van der Waals surface area contributed by atoms with Gasteiger partial charge in [0.2, 0.25) is 11.8 Å². The normalized spacial score (nSPS) is 25.3. The standard InChI is InChI=1S/C28H28F5N3O3/c29-21-3-1-2-20(23(21)30)19-6-7-22(25(38)36(14-19)15-28(31,32)33)35-24(37)17-4-5-18-13-27(9-8-16(18)12-17)10-11-34-26(27)39/h1-5,12,19,22H,6-11,13-15H2,(H,34,39)(H,35,37). The van der Waals surface area contributed by atoms with Gasteiger partial charge in [0.05, 0.1) is 5.41 Å². The van der Waals surface area contributed by atoms with Crippen LogP contribution in [0.15, 0.2) is 36.4 Å². The van der Waals surface area contributed by atoms with Crippen LogP contribution in [0.2, 0.25) is 0 Å². The van der Waals surface area contributed by atoms with Crippen molar-refractivity contribution < 1.29 is 36.3 Å². The van der Waals surface area contributed by atoms with Gasteiger partial charge in [0.25, 0.3) is 5.91 Å². The Labute approximate surface area is 221 Å². The Morgan fingerprint density at radius 2 is 1.87 bits per heavy atom. The van der Waals surface area contributed by atoms with E-state index in [1.54, 1.807) is 18.2 Å². The van der Waals surface area contributed by atoms with Gasteiger partial charge in [-0.05, 0) is 73.4 Å². The third-order valence-electron chi connectivity index (χ3n) is 8.19. The van der Waals surface area contributed by atoms with Gasteiger partial charge >= 0.3 is 6.18 Å². The summed E-state index contributed by atoms with van der Waals surface area (Å²) in [6, 6.07) is 7.28. The smallest absolute Gasteiger partial charge is 0.356 e. The Bertz CT molecular complexity index is 1310. The van der Waals surface area contributed by atoms with Gasteiger partial charge < -0.3 is 15.5 Å². The minimum atomic E-state index is -4.72. The molecule has 2 fully saturated rings. The van der Waals surface area contributed by atoms with E-state index in [9.17, 15) is 36.3 Å². The first-order valence-corrected chi connectivity index (χ1v) is 13.0. The van der Waals surface area contributed by atoms with Crippen LogP contribution in [0.3, 0.4) is 0 Å². The molecule has 1 aliphatic carbocycles. The molecule has 3 unspecified atom stereocenters. The van der Waals surface area contributed by atoms with Crippen molar-refractivity contribution in [3.05, 3.63) is 70.3 Å². The Kier molecular flexibility index (Phi) is 7.11. The molecule has 2 heterocycles. The van der Waals surface area contributed by atoms with E-state index in [1.807, 2.05) is 0 Å². The van der Waals surface area contributed by atoms with Crippen LogP contribution < -0.4 is 10.6 Å². The van der Waals surface area contributed by atoms with Crippen LogP contribution in [0.1, 0.15) is 58.6 Å². The van der Waals surface area contributed by atoms with Crippen LogP contribution in [-0.4, -0.2) is 54.5 Å². The van der Waals surface area contributed by atoms with Crippen molar-refractivity contribution in [3.63, 3.8) is 0 Å². The van der Waals surface area contributed by atoms with Crippen LogP contribution in [0.5, 0.6) is 0 Å². The molecule has 208 valence electrons. The van der Waals surface area contributed by atoms with Crippen molar-refractivity contribution in [2.24, 2.45) is 5.41 Å². The number of fused-ring (bicyclic) bond motifs is 1. The predicted octanol–water partition coefficient (Wildman–Crippen LogP) is 4.03. The number of hydrogen-bond donors (Lipinski definition) is 2. The maximum absolute atomic E-state index is 14.5. The first kappa shape index (κ1) is 27.1. The van der Waals surface area contributed by atoms with Crippen LogP contribution in [-0.2, 0) is 22.4 Å². The summed E-state index contributed by atoms with van der Waals surface area (Å²) in [7, 11) is 0. The third kappa shape index (κ3) is 5.49. The molecule has 2 N–H and O–H groups in total. The fraction of sp³-hybridized carbons (Fsp3) is 0.464. The molecule has 3 aliphatic rings. The lowest BCUT2D eigenvalue weighted by Crippen LogP contribution is -2.50. The van der Waals surface area contributed by atoms with E-state index in [0.717, 1.165) is 23.6 Å². The second kappa shape index (κ2) is 10.2. The van der Waals surface area contributed by atoms with Crippen molar-refractivity contribution in [1.29, 1.82) is 0 Å². The molecule has 11 heteroatoms. The maximum Gasteiger partial charge on any atom is 0.406 e. The average molecular weight is 550 g/mol. The number of amides is 3. The highest BCUT2D eigenvalue weighted by Gasteiger charge is 2.44. The lowest BCUT2D eigenvalue weighted by atomic mass is 9.70. The van der Waals surface area contributed by atoms with Crippen LogP contribution in [0, 0.1) is 17.0 Å². The second-order valence-electron chi connectivity index (χ2n) is 10.7. The summed E-state index contributed by atoms with van der Waals surface area (Å²) in [5.74, 6) is -4.65. The van der Waals surface area contributed by atoms with Gasteiger partial charge in [0, 0.05) is 24.6 Å². The molecule has 3 amide bonds. The van der Waals surface area contributed by atoms with Crippen molar-refractivity contribution >= 4 is 17.7 Å². The Hall–Kier alpha value is -3.50. The summed E-state index contributed by atoms with van der Waals surface area (Å²) >= 11 is 0. The number of hydrogen-bond acceptors (Lipinski definition) is 3. The molecule has 0 saturated carbocycles. The molecule has 0 bridgehead atoms. The molecule has 2 aliphatic heterocycles. The average Bonchev–Trinajstić information content (AvgIpc) is 3.16. The second-order valence-corrected chi connectivity index (χ2v) is 10.7. The molecule has 2 aromatic rings. The van der Waals surface area contributed by atoms with Crippen LogP contribution in [0.25, 0.3) is 0 Å². The summed E-state index contributed by atoms with van der Waals surface area (Å²) in [5, 5.41) is 5.46. The molecule has 39 heavy (non-hydrogen) atoms. The maximum atomic E-state index is 14.5. The van der Waals surface area contributed by atoms with Gasteiger partial charge in [-0.3, -0.25) is 14.4 Å². The number of rotatable bonds is 4. The van der Waals surface area contributed by atoms with E-state index in [0.29, 0.717) is 30.7 Å². The van der Waals surface area contributed by atoms with E-state index in [2.05, 4.69) is 10.6 Å². The molecule has 2 aromatic carbocycles. The Balaban J connectivity index is 1.34. The topological polar surface area (TPSA) is 78.5 Å². The molecule has 1 spiro atoms. The number of nitrogens with zero attached hydrogens (tertiary/aromatic N) is 1. The summed E-state index contributed by atoms with van der Waals surface area (Å²) < 4.78 is 68.3. The summed E-state index contributed by atoms with van der Waals surface area (Å²) in [6.07, 6.45) is -2.10. The third-order valence-corrected chi connectivity index (χ3v) is 8.19. The Morgan fingerprint density at radius 1 is 1.08 bits per heavy atom. The van der Waals surface area contributed by atoms with Gasteiger partial charge in [-0.2, -0.15) is 13.2 Å². The number of nitrogens with one attached hydrogen (secondary N) is 2. The van der Waals surface area contributed by atoms with E-state index in [1.165, 1.54) is 12.1 Å². The zero-order chi connectivity index (χ0) is 27.9. The minimum Gasteiger partial charge on any atom is -0.356 e. The van der Waals surface area contributed by atoms with E-state index in [-0.39, 0.29) is 29.9 Å². The van der Waals surface area contributed by atoms with Crippen LogP contribution in [0.4, 0.5) is 22.0 Å². The van der Waals surface area contributed by atoms with Gasteiger partial charge in [-0.1, -0.05) is 18.2 Å². The van der Waals surface area contributed by atoms with Gasteiger partial charge in [-0.25, -0.2) is 8.78 Å². The monoisotopic (exact) mass is 549 g/mol. The fourth-order valence-electron chi connectivity index (χ4n) is 6.11. The highest BCUT2D eigenvalue weighted by Crippen LogP contribution is 2.41. The van der Waals surface area contributed by atoms with Gasteiger partial charge in [-0.15, -0.1) is 0 Å². The van der Waals surface area contributed by atoms with Gasteiger partial charge in [0.15, 0.2) is 11.6 Å². The molecule has 0 radical (unpaired) electrons. The van der Waals surface area contributed by atoms with Crippen molar-refractivity contribution in [2.75, 3.05) is 19.6 Å². The molecule has 0 aromatic heterocycles. The first-order valence-electron chi connectivity index (χ1n) is 13.0. The predicted molar refractivity (Wildman–Crippen MR) is 131 cm³/mol.